The molecule has 0 radical (unpaired) electrons. The van der Waals surface area contributed by atoms with Crippen LogP contribution in [0, 0.1) is 0 Å². The zero-order valence-electron chi connectivity index (χ0n) is 10.8. The van der Waals surface area contributed by atoms with Gasteiger partial charge in [0.25, 0.3) is 0 Å². The topological polar surface area (TPSA) is 68.0 Å². The van der Waals surface area contributed by atoms with Crippen LogP contribution in [0.5, 0.6) is 0 Å². The summed E-state index contributed by atoms with van der Waals surface area (Å²) in [6.45, 7) is 2.84. The average Bonchev–Trinajstić information content (AvgIpc) is 2.46. The van der Waals surface area contributed by atoms with Crippen LogP contribution in [0.4, 0.5) is 0 Å². The highest BCUT2D eigenvalue weighted by atomic mass is 16.1. The lowest BCUT2D eigenvalue weighted by Crippen LogP contribution is -2.18. The van der Waals surface area contributed by atoms with Crippen LogP contribution in [0.3, 0.4) is 0 Å². The number of hydrogen-bond donors (Lipinski definition) is 2. The molecule has 0 aliphatic heterocycles. The molecule has 0 bridgehead atoms. The first-order chi connectivity index (χ1) is 9.16. The van der Waals surface area contributed by atoms with Gasteiger partial charge in [0.05, 0.1) is 0 Å². The second kappa shape index (κ2) is 6.11. The molecule has 19 heavy (non-hydrogen) atoms. The molecule has 0 saturated heterocycles. The number of nitrogens with zero attached hydrogens (tertiary/aromatic N) is 1. The zero-order chi connectivity index (χ0) is 13.7. The molecule has 1 atom stereocenters. The van der Waals surface area contributed by atoms with Gasteiger partial charge in [-0.15, -0.1) is 0 Å². The van der Waals surface area contributed by atoms with Gasteiger partial charge in [-0.25, -0.2) is 0 Å². The van der Waals surface area contributed by atoms with Gasteiger partial charge in [-0.2, -0.15) is 0 Å². The fourth-order valence-electron chi connectivity index (χ4n) is 1.83. The van der Waals surface area contributed by atoms with E-state index in [-0.39, 0.29) is 6.04 Å². The number of hydrogen-bond acceptors (Lipinski definition) is 3. The summed E-state index contributed by atoms with van der Waals surface area (Å²) in [4.78, 5) is 15.0. The first-order valence-electron chi connectivity index (χ1n) is 6.19. The highest BCUT2D eigenvalue weighted by Gasteiger charge is 2.04. The third-order valence-corrected chi connectivity index (χ3v) is 3.06. The lowest BCUT2D eigenvalue weighted by Gasteiger charge is -2.14. The Bertz CT molecular complexity index is 537. The number of carbonyl (C=O) groups excluding carboxylic acids is 1. The molecule has 2 rings (SSSR count). The van der Waals surface area contributed by atoms with E-state index in [1.54, 1.807) is 24.5 Å². The van der Waals surface area contributed by atoms with Gasteiger partial charge in [-0.3, -0.25) is 9.78 Å². The van der Waals surface area contributed by atoms with Gasteiger partial charge in [0.15, 0.2) is 0 Å². The number of aromatic nitrogens is 1. The van der Waals surface area contributed by atoms with E-state index in [0.717, 1.165) is 12.1 Å². The average molecular weight is 255 g/mol. The van der Waals surface area contributed by atoms with E-state index in [1.165, 1.54) is 5.56 Å². The van der Waals surface area contributed by atoms with Crippen molar-refractivity contribution in [2.75, 3.05) is 0 Å². The number of primary amides is 1. The number of nitrogens with two attached hydrogens (primary N) is 1. The van der Waals surface area contributed by atoms with Gasteiger partial charge in [0, 0.05) is 30.5 Å². The maximum absolute atomic E-state index is 11.0. The Labute approximate surface area is 112 Å². The number of amides is 1. The third kappa shape index (κ3) is 3.63. The van der Waals surface area contributed by atoms with E-state index in [0.29, 0.717) is 5.56 Å². The fraction of sp³-hybridized carbons (Fsp3) is 0.200. The molecule has 0 unspecified atom stereocenters. The lowest BCUT2D eigenvalue weighted by atomic mass is 10.1. The Kier molecular flexibility index (Phi) is 4.26. The molecule has 0 saturated carbocycles. The van der Waals surface area contributed by atoms with Crippen molar-refractivity contribution in [2.24, 2.45) is 5.73 Å². The molecule has 4 heteroatoms. The molecule has 1 aromatic carbocycles. The largest absolute Gasteiger partial charge is 0.366 e. The minimum atomic E-state index is -0.398. The lowest BCUT2D eigenvalue weighted by molar-refractivity contribution is 0.100. The van der Waals surface area contributed by atoms with Crippen molar-refractivity contribution in [3.63, 3.8) is 0 Å². The second-order valence-corrected chi connectivity index (χ2v) is 4.44. The summed E-state index contributed by atoms with van der Waals surface area (Å²) in [5, 5.41) is 3.42. The van der Waals surface area contributed by atoms with Crippen molar-refractivity contribution in [3.8, 4) is 0 Å². The molecule has 3 N–H and O–H groups in total. The monoisotopic (exact) mass is 255 g/mol. The number of benzene rings is 1. The summed E-state index contributed by atoms with van der Waals surface area (Å²) in [6.07, 6.45) is 3.57. The van der Waals surface area contributed by atoms with Gasteiger partial charge in [-0.05, 0) is 42.3 Å². The summed E-state index contributed by atoms with van der Waals surface area (Å²) < 4.78 is 0. The summed E-state index contributed by atoms with van der Waals surface area (Å²) >= 11 is 0. The van der Waals surface area contributed by atoms with E-state index in [1.807, 2.05) is 24.3 Å². The molecule has 4 nitrogen and oxygen atoms in total. The SMILES string of the molecule is C[C@@H](NCc1ccc(C(N)=O)cc1)c1ccncc1. The van der Waals surface area contributed by atoms with Gasteiger partial charge >= 0.3 is 0 Å². The van der Waals surface area contributed by atoms with Crippen molar-refractivity contribution < 1.29 is 4.79 Å². The van der Waals surface area contributed by atoms with Crippen LogP contribution in [0.2, 0.25) is 0 Å². The molecule has 0 fully saturated rings. The Morgan fingerprint density at radius 1 is 1.21 bits per heavy atom. The highest BCUT2D eigenvalue weighted by molar-refractivity contribution is 5.92. The molecule has 1 heterocycles. The van der Waals surface area contributed by atoms with Crippen LogP contribution < -0.4 is 11.1 Å². The summed E-state index contributed by atoms with van der Waals surface area (Å²) in [5.41, 5.74) is 8.05. The van der Waals surface area contributed by atoms with E-state index in [2.05, 4.69) is 17.2 Å². The predicted molar refractivity (Wildman–Crippen MR) is 74.5 cm³/mol. The van der Waals surface area contributed by atoms with Crippen molar-refractivity contribution in [1.29, 1.82) is 0 Å². The molecular formula is C15H17N3O. The summed E-state index contributed by atoms with van der Waals surface area (Å²) in [6, 6.07) is 11.5. The van der Waals surface area contributed by atoms with Gasteiger partial charge in [-0.1, -0.05) is 12.1 Å². The predicted octanol–water partition coefficient (Wildman–Crippen LogP) is 2.03. The van der Waals surface area contributed by atoms with E-state index in [9.17, 15) is 4.79 Å². The van der Waals surface area contributed by atoms with Crippen molar-refractivity contribution in [3.05, 3.63) is 65.5 Å². The number of carbonyl (C=O) groups is 1. The van der Waals surface area contributed by atoms with Gasteiger partial charge in [0.1, 0.15) is 0 Å². The normalized spacial score (nSPS) is 12.1. The first kappa shape index (κ1) is 13.2. The molecule has 1 amide bonds. The number of rotatable bonds is 5. The molecule has 0 spiro atoms. The van der Waals surface area contributed by atoms with Crippen LogP contribution in [0.1, 0.15) is 34.5 Å². The zero-order valence-corrected chi connectivity index (χ0v) is 10.8. The highest BCUT2D eigenvalue weighted by Crippen LogP contribution is 2.11. The Hall–Kier alpha value is -2.20. The van der Waals surface area contributed by atoms with Crippen molar-refractivity contribution >= 4 is 5.91 Å². The molecule has 1 aromatic heterocycles. The fourth-order valence-corrected chi connectivity index (χ4v) is 1.83. The Morgan fingerprint density at radius 2 is 1.84 bits per heavy atom. The van der Waals surface area contributed by atoms with Crippen molar-refractivity contribution in [1.82, 2.24) is 10.3 Å². The quantitative estimate of drug-likeness (QED) is 0.859. The van der Waals surface area contributed by atoms with E-state index >= 15 is 0 Å². The minimum Gasteiger partial charge on any atom is -0.366 e. The first-order valence-corrected chi connectivity index (χ1v) is 6.19. The van der Waals surface area contributed by atoms with Crippen LogP contribution >= 0.6 is 0 Å². The Balaban J connectivity index is 1.93. The van der Waals surface area contributed by atoms with Crippen LogP contribution in [-0.4, -0.2) is 10.9 Å². The molecule has 2 aromatic rings. The van der Waals surface area contributed by atoms with Gasteiger partial charge in [0.2, 0.25) is 5.91 Å². The molecule has 0 aliphatic rings. The van der Waals surface area contributed by atoms with Crippen LogP contribution in [0.25, 0.3) is 0 Å². The molecule has 0 aliphatic carbocycles. The van der Waals surface area contributed by atoms with E-state index < -0.39 is 5.91 Å². The van der Waals surface area contributed by atoms with Crippen LogP contribution in [-0.2, 0) is 6.54 Å². The number of pyridine rings is 1. The standard InChI is InChI=1S/C15H17N3O/c1-11(13-6-8-17-9-7-13)18-10-12-2-4-14(5-3-12)15(16)19/h2-9,11,18H,10H2,1H3,(H2,16,19)/t11-/m1/s1. The minimum absolute atomic E-state index is 0.249. The second-order valence-electron chi connectivity index (χ2n) is 4.44. The maximum Gasteiger partial charge on any atom is 0.248 e. The Morgan fingerprint density at radius 3 is 2.42 bits per heavy atom. The smallest absolute Gasteiger partial charge is 0.248 e. The maximum atomic E-state index is 11.0. The van der Waals surface area contributed by atoms with Crippen molar-refractivity contribution in [2.45, 2.75) is 19.5 Å². The van der Waals surface area contributed by atoms with E-state index in [4.69, 9.17) is 5.73 Å². The molecule has 98 valence electrons. The summed E-state index contributed by atoms with van der Waals surface area (Å²) in [5.74, 6) is -0.398. The van der Waals surface area contributed by atoms with Gasteiger partial charge < -0.3 is 11.1 Å². The third-order valence-electron chi connectivity index (χ3n) is 3.06. The number of nitrogens with one attached hydrogen (secondary N) is 1. The van der Waals surface area contributed by atoms with Crippen LogP contribution in [0.15, 0.2) is 48.8 Å². The summed E-state index contributed by atoms with van der Waals surface area (Å²) in [7, 11) is 0. The molecular weight excluding hydrogens is 238 g/mol.